The smallest absolute Gasteiger partial charge is 0.509 e. The SMILES string of the molecule is CC(C)(C)c1cc(Oc2[c-]c3c(cc2)c2c(c4ccc(Oc5[c-]c(-n6cccn6)cc(C(C)(C)C)c5)[c-]c4n2-c2ccccn2)n3-c2ccccn2)[c-]c(-n2cccn2)c1.[Pt+2].[Pt+2]. The summed E-state index contributed by atoms with van der Waals surface area (Å²) < 4.78 is 21.1. The van der Waals surface area contributed by atoms with E-state index in [9.17, 15) is 0 Å². The van der Waals surface area contributed by atoms with E-state index in [4.69, 9.17) is 19.4 Å². The van der Waals surface area contributed by atoms with Crippen LogP contribution in [0.25, 0.3) is 55.8 Å². The zero-order valence-electron chi connectivity index (χ0n) is 34.7. The molecule has 12 heteroatoms. The van der Waals surface area contributed by atoms with Gasteiger partial charge in [0.05, 0.1) is 0 Å². The van der Waals surface area contributed by atoms with Crippen molar-refractivity contribution in [2.75, 3.05) is 0 Å². The Labute approximate surface area is 388 Å². The molecule has 0 amide bonds. The largest absolute Gasteiger partial charge is 2.00 e. The van der Waals surface area contributed by atoms with E-state index in [1.807, 2.05) is 85.2 Å². The number of pyridine rings is 2. The van der Waals surface area contributed by atoms with Crippen molar-refractivity contribution >= 4 is 32.8 Å². The van der Waals surface area contributed by atoms with Gasteiger partial charge in [0.25, 0.3) is 0 Å². The number of benzene rings is 4. The van der Waals surface area contributed by atoms with E-state index >= 15 is 0 Å². The first-order chi connectivity index (χ1) is 29.0. The van der Waals surface area contributed by atoms with E-state index in [-0.39, 0.29) is 53.0 Å². The van der Waals surface area contributed by atoms with Crippen molar-refractivity contribution in [3.63, 3.8) is 0 Å². The van der Waals surface area contributed by atoms with Gasteiger partial charge in [0.1, 0.15) is 11.6 Å². The molecule has 0 aliphatic heterocycles. The molecule has 10 nitrogen and oxygen atoms in total. The molecule has 0 aliphatic carbocycles. The fraction of sp³-hybridized carbons (Fsp3) is 0.160. The van der Waals surface area contributed by atoms with Gasteiger partial charge in [0, 0.05) is 71.2 Å². The van der Waals surface area contributed by atoms with Crippen molar-refractivity contribution in [2.24, 2.45) is 0 Å². The molecular weight excluding hydrogens is 1130 g/mol. The van der Waals surface area contributed by atoms with Gasteiger partial charge in [-0.25, -0.2) is 9.97 Å². The molecule has 10 aromatic rings. The molecule has 0 saturated carbocycles. The summed E-state index contributed by atoms with van der Waals surface area (Å²) in [7, 11) is 0. The van der Waals surface area contributed by atoms with E-state index in [0.717, 1.165) is 67.0 Å². The third kappa shape index (κ3) is 7.94. The number of fused-ring (bicyclic) bond motifs is 5. The van der Waals surface area contributed by atoms with Gasteiger partial charge in [0.2, 0.25) is 0 Å². The molecule has 0 atom stereocenters. The van der Waals surface area contributed by atoms with Gasteiger partial charge in [-0.15, -0.1) is 71.8 Å². The van der Waals surface area contributed by atoms with Crippen molar-refractivity contribution in [2.45, 2.75) is 52.4 Å². The van der Waals surface area contributed by atoms with Gasteiger partial charge in [-0.2, -0.15) is 22.3 Å². The van der Waals surface area contributed by atoms with Gasteiger partial charge >= 0.3 is 42.1 Å². The molecule has 312 valence electrons. The molecule has 6 aromatic heterocycles. The van der Waals surface area contributed by atoms with Gasteiger partial charge in [0.15, 0.2) is 0 Å². The molecule has 6 heterocycles. The number of ether oxygens (including phenoxy) is 2. The van der Waals surface area contributed by atoms with Crippen molar-refractivity contribution in [3.8, 4) is 46.0 Å². The molecule has 0 bridgehead atoms. The zero-order chi connectivity index (χ0) is 41.2. The number of hydrogen-bond donors (Lipinski definition) is 0. The second-order valence-electron chi connectivity index (χ2n) is 16.8. The predicted molar refractivity (Wildman–Crippen MR) is 233 cm³/mol. The minimum absolute atomic E-state index is 0. The maximum atomic E-state index is 6.62. The molecule has 0 radical (unpaired) electrons. The number of aromatic nitrogens is 8. The van der Waals surface area contributed by atoms with Crippen LogP contribution in [-0.4, -0.2) is 38.7 Å². The second kappa shape index (κ2) is 16.7. The Hall–Kier alpha value is -6.08. The summed E-state index contributed by atoms with van der Waals surface area (Å²) in [5.41, 5.74) is 6.93. The van der Waals surface area contributed by atoms with Gasteiger partial charge in [-0.1, -0.05) is 75.5 Å². The van der Waals surface area contributed by atoms with Crippen LogP contribution < -0.4 is 9.47 Å². The monoisotopic (exact) mass is 1170 g/mol. The second-order valence-corrected chi connectivity index (χ2v) is 16.8. The number of hydrogen-bond acceptors (Lipinski definition) is 6. The molecule has 4 aromatic carbocycles. The normalized spacial score (nSPS) is 11.8. The quantitative estimate of drug-likeness (QED) is 0.141. The Kier molecular flexibility index (Phi) is 11.4. The van der Waals surface area contributed by atoms with E-state index < -0.39 is 0 Å². The van der Waals surface area contributed by atoms with E-state index in [2.05, 4.69) is 109 Å². The molecule has 0 unspecified atom stereocenters. The Balaban J connectivity index is 0.00000264. The molecule has 10 rings (SSSR count). The van der Waals surface area contributed by atoms with Crippen LogP contribution in [-0.2, 0) is 53.0 Å². The summed E-state index contributed by atoms with van der Waals surface area (Å²) in [6.45, 7) is 13.1. The Morgan fingerprint density at radius 1 is 0.468 bits per heavy atom. The fourth-order valence-corrected chi connectivity index (χ4v) is 7.48. The molecule has 0 fully saturated rings. The summed E-state index contributed by atoms with van der Waals surface area (Å²) in [6, 6.07) is 46.0. The minimum atomic E-state index is -0.139. The first-order valence-corrected chi connectivity index (χ1v) is 19.8. The standard InChI is InChI=1S/C50H40N8O2.2Pt/c1-49(2,3)33-25-35(55-23-11-21-53-55)29-39(27-33)59-37-15-17-41-43(31-37)57(45-13-7-9-19-51-45)48-42-18-16-38(32-44(42)58(47(41)48)46-14-8-10-20-52-46)60-40-28-34(50(4,5)6)26-36(30-40)56-24-12-22-54-56;;/h7-28H,1-6H3;;/q-4;2*+2. The topological polar surface area (TPSA) is 89.7 Å². The molecule has 0 N–H and O–H groups in total. The van der Waals surface area contributed by atoms with Crippen LogP contribution in [0.2, 0.25) is 0 Å². The van der Waals surface area contributed by atoms with Crippen LogP contribution >= 0.6 is 0 Å². The van der Waals surface area contributed by atoms with E-state index in [0.29, 0.717) is 23.0 Å². The summed E-state index contributed by atoms with van der Waals surface area (Å²) in [6.07, 6.45) is 10.9. The van der Waals surface area contributed by atoms with Crippen molar-refractivity contribution in [1.82, 2.24) is 38.7 Å². The maximum absolute atomic E-state index is 6.62. The maximum Gasteiger partial charge on any atom is 2.00 e. The third-order valence-corrected chi connectivity index (χ3v) is 10.5. The average molecular weight is 1180 g/mol. The first kappa shape index (κ1) is 42.6. The first-order valence-electron chi connectivity index (χ1n) is 19.8. The summed E-state index contributed by atoms with van der Waals surface area (Å²) >= 11 is 0. The van der Waals surface area contributed by atoms with E-state index in [1.165, 1.54) is 0 Å². The van der Waals surface area contributed by atoms with Crippen LogP contribution in [0.1, 0.15) is 52.7 Å². The summed E-state index contributed by atoms with van der Waals surface area (Å²) in [5.74, 6) is 3.66. The molecule has 0 saturated heterocycles. The average Bonchev–Trinajstić information content (AvgIpc) is 4.07. The predicted octanol–water partition coefficient (Wildman–Crippen LogP) is 11.3. The van der Waals surface area contributed by atoms with Crippen LogP contribution in [0.5, 0.6) is 23.0 Å². The van der Waals surface area contributed by atoms with Crippen LogP contribution in [0.3, 0.4) is 0 Å². The minimum Gasteiger partial charge on any atom is -0.509 e. The number of rotatable bonds is 8. The zero-order valence-corrected chi connectivity index (χ0v) is 39.3. The molecular formula is C50H40N8O2Pt2. The van der Waals surface area contributed by atoms with Gasteiger partial charge in [-0.3, -0.25) is 9.36 Å². The van der Waals surface area contributed by atoms with Crippen molar-refractivity contribution in [3.05, 3.63) is 170 Å². The van der Waals surface area contributed by atoms with Gasteiger partial charge in [-0.05, 0) is 58.6 Å². The number of nitrogens with zero attached hydrogens (tertiary/aromatic N) is 8. The Bertz CT molecular complexity index is 2950. The Morgan fingerprint density at radius 3 is 1.26 bits per heavy atom. The van der Waals surface area contributed by atoms with Gasteiger partial charge < -0.3 is 18.6 Å². The fourth-order valence-electron chi connectivity index (χ4n) is 7.48. The summed E-state index contributed by atoms with van der Waals surface area (Å²) in [5, 5.41) is 10.8. The molecule has 0 spiro atoms. The van der Waals surface area contributed by atoms with Crippen molar-refractivity contribution in [1.29, 1.82) is 0 Å². The van der Waals surface area contributed by atoms with Crippen molar-refractivity contribution < 1.29 is 51.6 Å². The third-order valence-electron chi connectivity index (χ3n) is 10.5. The summed E-state index contributed by atoms with van der Waals surface area (Å²) in [4.78, 5) is 9.70. The Morgan fingerprint density at radius 2 is 0.903 bits per heavy atom. The van der Waals surface area contributed by atoms with E-state index in [1.54, 1.807) is 34.2 Å². The molecule has 62 heavy (non-hydrogen) atoms. The van der Waals surface area contributed by atoms with Crippen LogP contribution in [0.4, 0.5) is 0 Å². The molecule has 0 aliphatic rings. The van der Waals surface area contributed by atoms with Crippen LogP contribution in [0, 0.1) is 24.3 Å². The van der Waals surface area contributed by atoms with Crippen LogP contribution in [0.15, 0.2) is 134 Å².